The Kier molecular flexibility index (Phi) is 5.82. The fraction of sp³-hybridized carbons (Fsp3) is 0.440. The molecule has 1 saturated heterocycles. The molecule has 4 aromatic heterocycles. The summed E-state index contributed by atoms with van der Waals surface area (Å²) < 4.78 is 20.5. The molecule has 188 valence electrons. The lowest BCUT2D eigenvalue weighted by Gasteiger charge is -2.35. The van der Waals surface area contributed by atoms with Crippen LogP contribution < -0.4 is 10.6 Å². The van der Waals surface area contributed by atoms with Gasteiger partial charge in [0, 0.05) is 44.6 Å². The molecular weight excluding hydrogens is 462 g/mol. The summed E-state index contributed by atoms with van der Waals surface area (Å²) in [6.45, 7) is 1.08. The Morgan fingerprint density at radius 1 is 1.14 bits per heavy atom. The molecule has 0 aromatic carbocycles. The summed E-state index contributed by atoms with van der Waals surface area (Å²) >= 11 is 0. The topological polar surface area (TPSA) is 117 Å². The number of amides is 1. The maximum absolute atomic E-state index is 13.2. The minimum atomic E-state index is -0.226. The van der Waals surface area contributed by atoms with E-state index in [0.717, 1.165) is 35.1 Å². The second-order valence-corrected chi connectivity index (χ2v) is 9.21. The molecule has 1 saturated carbocycles. The summed E-state index contributed by atoms with van der Waals surface area (Å²) in [6.07, 6.45) is 7.19. The van der Waals surface area contributed by atoms with Gasteiger partial charge in [0.2, 0.25) is 0 Å². The van der Waals surface area contributed by atoms with E-state index >= 15 is 0 Å². The number of anilines is 1. The highest BCUT2D eigenvalue weighted by Crippen LogP contribution is 2.35. The molecule has 4 atom stereocenters. The third kappa shape index (κ3) is 3.62. The second-order valence-electron chi connectivity index (χ2n) is 9.21. The Bertz CT molecular complexity index is 1430. The molecule has 2 aliphatic rings. The van der Waals surface area contributed by atoms with Crippen LogP contribution in [-0.2, 0) is 14.2 Å². The molecule has 6 rings (SSSR count). The Morgan fingerprint density at radius 3 is 2.75 bits per heavy atom. The third-order valence-electron chi connectivity index (χ3n) is 7.33. The maximum Gasteiger partial charge on any atom is 0.271 e. The van der Waals surface area contributed by atoms with E-state index in [1.807, 2.05) is 31.4 Å². The summed E-state index contributed by atoms with van der Waals surface area (Å²) in [5.41, 5.74) is 4.14. The molecule has 11 heteroatoms. The van der Waals surface area contributed by atoms with Crippen LogP contribution in [-0.4, -0.2) is 82.8 Å². The van der Waals surface area contributed by atoms with Crippen molar-refractivity contribution >= 4 is 28.3 Å². The van der Waals surface area contributed by atoms with E-state index in [0.29, 0.717) is 30.2 Å². The van der Waals surface area contributed by atoms with Gasteiger partial charge in [0.05, 0.1) is 49.0 Å². The first-order chi connectivity index (χ1) is 17.6. The van der Waals surface area contributed by atoms with E-state index in [1.54, 1.807) is 31.1 Å². The monoisotopic (exact) mass is 491 g/mol. The van der Waals surface area contributed by atoms with Crippen molar-refractivity contribution in [2.75, 3.05) is 39.8 Å². The molecule has 4 aromatic rings. The van der Waals surface area contributed by atoms with Crippen molar-refractivity contribution in [1.29, 1.82) is 0 Å². The van der Waals surface area contributed by atoms with Gasteiger partial charge in [0.15, 0.2) is 11.3 Å². The van der Waals surface area contributed by atoms with Gasteiger partial charge in [-0.15, -0.1) is 0 Å². The Balaban J connectivity index is 1.45. The van der Waals surface area contributed by atoms with Crippen LogP contribution >= 0.6 is 0 Å². The highest BCUT2D eigenvalue weighted by molar-refractivity contribution is 5.96. The standard InChI is InChI=1S/C25H29N7O4/c1-26-18-9-17(30-32-19(10-28-24(18)32)25(33)29-16-6-7-21(16)34-2)15-11-31(20-12-36-13-22(20)35-3)23-14(15)5-4-8-27-23/h4-5,8-11,16,20-22,26H,6-7,12-13H2,1-3H3,(H,29,33)/t16-,20+,21-,22+/m0/s1. The molecule has 2 fully saturated rings. The Hall–Kier alpha value is -3.54. The van der Waals surface area contributed by atoms with Crippen LogP contribution in [0.25, 0.3) is 27.9 Å². The molecule has 0 spiro atoms. The van der Waals surface area contributed by atoms with Crippen LogP contribution in [0.5, 0.6) is 0 Å². The highest BCUT2D eigenvalue weighted by Gasteiger charge is 2.34. The first-order valence-electron chi connectivity index (χ1n) is 12.1. The van der Waals surface area contributed by atoms with E-state index in [9.17, 15) is 4.79 Å². The minimum Gasteiger partial charge on any atom is -0.385 e. The SMILES string of the molecule is CNc1cc(-c2cn([C@@H]3COC[C@H]3OC)c3ncccc23)nn2c(C(=O)N[C@H]3CC[C@@H]3OC)cnc12. The summed E-state index contributed by atoms with van der Waals surface area (Å²) in [6, 6.07) is 5.88. The first-order valence-corrected chi connectivity index (χ1v) is 12.1. The zero-order chi connectivity index (χ0) is 24.8. The van der Waals surface area contributed by atoms with Gasteiger partial charge in [-0.25, -0.2) is 14.5 Å². The van der Waals surface area contributed by atoms with Crippen molar-refractivity contribution in [3.8, 4) is 11.3 Å². The summed E-state index contributed by atoms with van der Waals surface area (Å²) in [7, 11) is 5.20. The van der Waals surface area contributed by atoms with Gasteiger partial charge in [0.25, 0.3) is 5.91 Å². The van der Waals surface area contributed by atoms with Crippen molar-refractivity contribution in [2.45, 2.75) is 37.1 Å². The van der Waals surface area contributed by atoms with Gasteiger partial charge in [-0.1, -0.05) is 0 Å². The minimum absolute atomic E-state index is 0.000516. The van der Waals surface area contributed by atoms with Crippen LogP contribution in [0.3, 0.4) is 0 Å². The lowest BCUT2D eigenvalue weighted by molar-refractivity contribution is 0.00718. The Labute approximate surface area is 207 Å². The van der Waals surface area contributed by atoms with Crippen LogP contribution in [0.4, 0.5) is 5.69 Å². The van der Waals surface area contributed by atoms with Crippen molar-refractivity contribution < 1.29 is 19.0 Å². The number of pyridine rings is 1. The number of hydrogen-bond donors (Lipinski definition) is 2. The van der Waals surface area contributed by atoms with E-state index in [1.165, 1.54) is 0 Å². The molecule has 0 bridgehead atoms. The van der Waals surface area contributed by atoms with Crippen LogP contribution in [0.1, 0.15) is 29.4 Å². The number of nitrogens with one attached hydrogen (secondary N) is 2. The van der Waals surface area contributed by atoms with Gasteiger partial charge in [-0.2, -0.15) is 5.10 Å². The third-order valence-corrected chi connectivity index (χ3v) is 7.33. The molecule has 1 aliphatic heterocycles. The second kappa shape index (κ2) is 9.16. The maximum atomic E-state index is 13.2. The van der Waals surface area contributed by atoms with Crippen LogP contribution in [0.15, 0.2) is 36.8 Å². The quantitative estimate of drug-likeness (QED) is 0.405. The number of methoxy groups -OCH3 is 2. The molecule has 2 N–H and O–H groups in total. The Morgan fingerprint density at radius 2 is 2.00 bits per heavy atom. The van der Waals surface area contributed by atoms with Gasteiger partial charge in [-0.05, 0) is 31.0 Å². The number of rotatable bonds is 7. The normalized spacial score (nSPS) is 23.8. The van der Waals surface area contributed by atoms with Crippen LogP contribution in [0.2, 0.25) is 0 Å². The van der Waals surface area contributed by atoms with Gasteiger partial charge < -0.3 is 29.4 Å². The predicted octanol–water partition coefficient (Wildman–Crippen LogP) is 2.28. The molecule has 36 heavy (non-hydrogen) atoms. The van der Waals surface area contributed by atoms with Gasteiger partial charge in [-0.3, -0.25) is 4.79 Å². The number of hydrogen-bond acceptors (Lipinski definition) is 8. The number of aromatic nitrogens is 5. The number of fused-ring (bicyclic) bond motifs is 2. The highest BCUT2D eigenvalue weighted by atomic mass is 16.5. The van der Waals surface area contributed by atoms with Crippen LogP contribution in [0, 0.1) is 0 Å². The lowest BCUT2D eigenvalue weighted by Crippen LogP contribution is -2.51. The summed E-state index contributed by atoms with van der Waals surface area (Å²) in [4.78, 5) is 22.3. The molecule has 11 nitrogen and oxygen atoms in total. The number of carbonyl (C=O) groups excluding carboxylic acids is 1. The summed E-state index contributed by atoms with van der Waals surface area (Å²) in [5, 5.41) is 12.1. The molecule has 5 heterocycles. The molecule has 0 radical (unpaired) electrons. The fourth-order valence-electron chi connectivity index (χ4n) is 5.15. The van der Waals surface area contributed by atoms with E-state index < -0.39 is 0 Å². The largest absolute Gasteiger partial charge is 0.385 e. The molecular formula is C25H29N7O4. The number of nitrogens with zero attached hydrogens (tertiary/aromatic N) is 5. The van der Waals surface area contributed by atoms with Gasteiger partial charge in [0.1, 0.15) is 11.8 Å². The van der Waals surface area contributed by atoms with Gasteiger partial charge >= 0.3 is 0 Å². The molecule has 0 unspecified atom stereocenters. The van der Waals surface area contributed by atoms with E-state index in [2.05, 4.69) is 25.2 Å². The molecule has 1 aliphatic carbocycles. The smallest absolute Gasteiger partial charge is 0.271 e. The zero-order valence-corrected chi connectivity index (χ0v) is 20.5. The molecule has 1 amide bonds. The number of ether oxygens (including phenoxy) is 3. The van der Waals surface area contributed by atoms with Crippen molar-refractivity contribution in [2.24, 2.45) is 0 Å². The van der Waals surface area contributed by atoms with Crippen molar-refractivity contribution in [3.05, 3.63) is 42.5 Å². The first kappa shape index (κ1) is 22.9. The van der Waals surface area contributed by atoms with Crippen molar-refractivity contribution in [1.82, 2.24) is 29.5 Å². The average molecular weight is 492 g/mol. The van der Waals surface area contributed by atoms with Crippen molar-refractivity contribution in [3.63, 3.8) is 0 Å². The zero-order valence-electron chi connectivity index (χ0n) is 20.5. The number of imidazole rings is 1. The average Bonchev–Trinajstić information content (AvgIpc) is 3.62. The summed E-state index contributed by atoms with van der Waals surface area (Å²) in [5.74, 6) is -0.226. The number of carbonyl (C=O) groups is 1. The lowest BCUT2D eigenvalue weighted by atomic mass is 9.89. The van der Waals surface area contributed by atoms with E-state index in [4.69, 9.17) is 19.3 Å². The fourth-order valence-corrected chi connectivity index (χ4v) is 5.15. The predicted molar refractivity (Wildman–Crippen MR) is 133 cm³/mol. The van der Waals surface area contributed by atoms with E-state index in [-0.39, 0.29) is 30.2 Å².